The van der Waals surface area contributed by atoms with E-state index in [0.29, 0.717) is 11.3 Å². The van der Waals surface area contributed by atoms with Crippen molar-refractivity contribution in [2.75, 3.05) is 4.90 Å². The van der Waals surface area contributed by atoms with E-state index in [1.807, 2.05) is 6.07 Å². The smallest absolute Gasteiger partial charge is 0.259 e. The van der Waals surface area contributed by atoms with Crippen molar-refractivity contribution < 1.29 is 26.7 Å². The van der Waals surface area contributed by atoms with Gasteiger partial charge in [0.25, 0.3) is 5.91 Å². The number of carbonyl (C=O) groups excluding carboxylic acids is 1. The maximum absolute atomic E-state index is 14.1. The number of hydrogen-bond donors (Lipinski definition) is 0. The molecule has 0 unspecified atom stereocenters. The first kappa shape index (κ1) is 18.9. The minimum atomic E-state index is -2.23. The molecular formula is C22H12F5NO. The van der Waals surface area contributed by atoms with Gasteiger partial charge in [0, 0.05) is 16.7 Å². The Kier molecular flexibility index (Phi) is 4.66. The molecular weight excluding hydrogens is 389 g/mol. The molecule has 146 valence electrons. The van der Waals surface area contributed by atoms with Gasteiger partial charge < -0.3 is 4.90 Å². The molecule has 0 saturated heterocycles. The van der Waals surface area contributed by atoms with Crippen molar-refractivity contribution in [3.63, 3.8) is 0 Å². The van der Waals surface area contributed by atoms with E-state index in [-0.39, 0.29) is 5.57 Å². The fourth-order valence-electron chi connectivity index (χ4n) is 3.27. The largest absolute Gasteiger partial charge is 0.303 e. The van der Waals surface area contributed by atoms with Crippen molar-refractivity contribution in [2.24, 2.45) is 0 Å². The Balaban J connectivity index is 1.81. The number of benzene rings is 3. The molecule has 1 heterocycles. The van der Waals surface area contributed by atoms with Gasteiger partial charge in [-0.3, -0.25) is 4.79 Å². The SMILES string of the molecule is O=C1/C(=C\c2ccccc2)c2ccccc2N1Cc1c(F)c(F)c(F)c(F)c1F. The van der Waals surface area contributed by atoms with Crippen LogP contribution in [-0.4, -0.2) is 5.91 Å². The standard InChI is InChI=1S/C22H12F5NO/c23-17-15(18(24)20(26)21(27)19(17)25)11-28-16-9-5-4-8-13(16)14(22(28)29)10-12-6-2-1-3-7-12/h1-10H,11H2/b14-10-. The number of halogens is 5. The van der Waals surface area contributed by atoms with Gasteiger partial charge in [-0.25, -0.2) is 22.0 Å². The van der Waals surface area contributed by atoms with Crippen LogP contribution in [0.1, 0.15) is 16.7 Å². The number of amides is 1. The number of hydrogen-bond acceptors (Lipinski definition) is 1. The summed E-state index contributed by atoms with van der Waals surface area (Å²) in [6, 6.07) is 15.4. The van der Waals surface area contributed by atoms with E-state index in [1.165, 1.54) is 0 Å². The average Bonchev–Trinajstić information content (AvgIpc) is 3.00. The number of anilines is 1. The van der Waals surface area contributed by atoms with Crippen LogP contribution in [0.15, 0.2) is 54.6 Å². The predicted octanol–water partition coefficient (Wildman–Crippen LogP) is 5.47. The highest BCUT2D eigenvalue weighted by atomic mass is 19.2. The molecule has 3 aromatic carbocycles. The Labute approximate surface area is 162 Å². The minimum absolute atomic E-state index is 0.260. The van der Waals surface area contributed by atoms with Crippen molar-refractivity contribution in [1.82, 2.24) is 0 Å². The van der Waals surface area contributed by atoms with Crippen molar-refractivity contribution >= 4 is 23.2 Å². The van der Waals surface area contributed by atoms with Crippen LogP contribution in [-0.2, 0) is 11.3 Å². The van der Waals surface area contributed by atoms with E-state index < -0.39 is 47.1 Å². The first-order valence-corrected chi connectivity index (χ1v) is 8.58. The molecule has 0 spiro atoms. The minimum Gasteiger partial charge on any atom is -0.303 e. The molecule has 3 aromatic rings. The highest BCUT2D eigenvalue weighted by Crippen LogP contribution is 2.39. The quantitative estimate of drug-likeness (QED) is 0.247. The van der Waals surface area contributed by atoms with Gasteiger partial charge in [-0.15, -0.1) is 0 Å². The van der Waals surface area contributed by atoms with Crippen molar-refractivity contribution in [3.8, 4) is 0 Å². The molecule has 0 aliphatic carbocycles. The summed E-state index contributed by atoms with van der Waals surface area (Å²) in [6.45, 7) is -0.798. The van der Waals surface area contributed by atoms with Crippen LogP contribution >= 0.6 is 0 Å². The maximum atomic E-state index is 14.1. The van der Waals surface area contributed by atoms with Gasteiger partial charge in [0.15, 0.2) is 23.3 Å². The third-order valence-corrected chi connectivity index (χ3v) is 4.69. The molecule has 1 amide bonds. The van der Waals surface area contributed by atoms with Crippen molar-refractivity contribution in [3.05, 3.63) is 100 Å². The Morgan fingerprint density at radius 2 is 1.28 bits per heavy atom. The number of rotatable bonds is 3. The second kappa shape index (κ2) is 7.16. The van der Waals surface area contributed by atoms with Gasteiger partial charge in [-0.1, -0.05) is 48.5 Å². The second-order valence-corrected chi connectivity index (χ2v) is 6.43. The van der Waals surface area contributed by atoms with Crippen LogP contribution < -0.4 is 4.90 Å². The lowest BCUT2D eigenvalue weighted by Gasteiger charge is -2.18. The highest BCUT2D eigenvalue weighted by molar-refractivity contribution is 6.35. The Morgan fingerprint density at radius 1 is 0.724 bits per heavy atom. The van der Waals surface area contributed by atoms with Crippen molar-refractivity contribution in [1.29, 1.82) is 0 Å². The maximum Gasteiger partial charge on any atom is 0.259 e. The van der Waals surface area contributed by atoms with Gasteiger partial charge in [-0.2, -0.15) is 0 Å². The zero-order valence-electron chi connectivity index (χ0n) is 14.7. The number of nitrogens with zero attached hydrogens (tertiary/aromatic N) is 1. The summed E-state index contributed by atoms with van der Waals surface area (Å²) in [4.78, 5) is 14.0. The van der Waals surface area contributed by atoms with Crippen LogP contribution in [0.25, 0.3) is 11.6 Å². The van der Waals surface area contributed by atoms with Crippen LogP contribution in [0, 0.1) is 29.1 Å². The van der Waals surface area contributed by atoms with E-state index >= 15 is 0 Å². The lowest BCUT2D eigenvalue weighted by molar-refractivity contribution is -0.113. The molecule has 1 aliphatic heterocycles. The molecule has 7 heteroatoms. The van der Waals surface area contributed by atoms with Gasteiger partial charge in [-0.05, 0) is 17.7 Å². The molecule has 0 radical (unpaired) electrons. The molecule has 4 rings (SSSR count). The van der Waals surface area contributed by atoms with Gasteiger partial charge in [0.2, 0.25) is 5.82 Å². The van der Waals surface area contributed by atoms with Crippen LogP contribution in [0.3, 0.4) is 0 Å². The van der Waals surface area contributed by atoms with E-state index in [2.05, 4.69) is 0 Å². The first-order chi connectivity index (χ1) is 13.9. The number of carbonyl (C=O) groups is 1. The van der Waals surface area contributed by atoms with E-state index in [0.717, 1.165) is 10.5 Å². The van der Waals surface area contributed by atoms with Crippen LogP contribution in [0.5, 0.6) is 0 Å². The molecule has 0 atom stereocenters. The highest BCUT2D eigenvalue weighted by Gasteiger charge is 2.35. The molecule has 0 saturated carbocycles. The third kappa shape index (κ3) is 3.08. The summed E-state index contributed by atoms with van der Waals surface area (Å²) in [5.41, 5.74) is 0.749. The molecule has 0 fully saturated rings. The van der Waals surface area contributed by atoms with Gasteiger partial charge in [0.05, 0.1) is 12.2 Å². The summed E-state index contributed by atoms with van der Waals surface area (Å²) < 4.78 is 68.7. The predicted molar refractivity (Wildman–Crippen MR) is 98.2 cm³/mol. The molecule has 0 bridgehead atoms. The summed E-state index contributed by atoms with van der Waals surface area (Å²) >= 11 is 0. The zero-order chi connectivity index (χ0) is 20.7. The van der Waals surface area contributed by atoms with E-state index in [4.69, 9.17) is 0 Å². The van der Waals surface area contributed by atoms with E-state index in [9.17, 15) is 26.7 Å². The summed E-state index contributed by atoms with van der Waals surface area (Å²) in [6.07, 6.45) is 1.61. The lowest BCUT2D eigenvalue weighted by Crippen LogP contribution is -2.27. The first-order valence-electron chi connectivity index (χ1n) is 8.58. The summed E-state index contributed by atoms with van der Waals surface area (Å²) in [7, 11) is 0. The fourth-order valence-corrected chi connectivity index (χ4v) is 3.27. The van der Waals surface area contributed by atoms with Gasteiger partial charge >= 0.3 is 0 Å². The lowest BCUT2D eigenvalue weighted by atomic mass is 10.0. The van der Waals surface area contributed by atoms with Crippen LogP contribution in [0.2, 0.25) is 0 Å². The molecule has 0 aromatic heterocycles. The van der Waals surface area contributed by atoms with Gasteiger partial charge in [0.1, 0.15) is 0 Å². The topological polar surface area (TPSA) is 20.3 Å². The van der Waals surface area contributed by atoms with Crippen molar-refractivity contribution in [2.45, 2.75) is 6.54 Å². The Hall–Kier alpha value is -3.48. The van der Waals surface area contributed by atoms with Crippen LogP contribution in [0.4, 0.5) is 27.6 Å². The Bertz CT molecular complexity index is 1130. The molecule has 29 heavy (non-hydrogen) atoms. The summed E-state index contributed by atoms with van der Waals surface area (Å²) in [5, 5.41) is 0. The molecule has 0 N–H and O–H groups in total. The monoisotopic (exact) mass is 401 g/mol. The number of fused-ring (bicyclic) bond motifs is 1. The number of para-hydroxylation sites is 1. The Morgan fingerprint density at radius 3 is 1.93 bits per heavy atom. The molecule has 1 aliphatic rings. The van der Waals surface area contributed by atoms with E-state index in [1.54, 1.807) is 54.6 Å². The fraction of sp³-hybridized carbons (Fsp3) is 0.0455. The molecule has 2 nitrogen and oxygen atoms in total. The zero-order valence-corrected chi connectivity index (χ0v) is 14.7. The summed E-state index contributed by atoms with van der Waals surface area (Å²) in [5.74, 6) is -10.8. The average molecular weight is 401 g/mol. The second-order valence-electron chi connectivity index (χ2n) is 6.43. The normalized spacial score (nSPS) is 14.6. The third-order valence-electron chi connectivity index (χ3n) is 4.69.